The van der Waals surface area contributed by atoms with Gasteiger partial charge in [0.1, 0.15) is 12.0 Å². The van der Waals surface area contributed by atoms with Gasteiger partial charge in [-0.3, -0.25) is 4.79 Å². The molecule has 7 nitrogen and oxygen atoms in total. The van der Waals surface area contributed by atoms with Gasteiger partial charge in [-0.2, -0.15) is 0 Å². The lowest BCUT2D eigenvalue weighted by atomic mass is 9.86. The first-order valence-corrected chi connectivity index (χ1v) is 11.9. The standard InChI is InChI=1S/C26H32N4O3/c1-3-26(4-2)14-23(31)30(25(27)28-26)21-11-12-33-22-10-9-17(13-20(21)22)24(32)29-15-18-7-5-6-8-19(18)16-29/h5-10,13,21,23,31H,3-4,11-12,14-16H2,1-2H3,(H2,27,28)/t21-,23?/m1/s1. The molecule has 0 bridgehead atoms. The van der Waals surface area contributed by atoms with Crippen molar-refractivity contribution in [3.63, 3.8) is 0 Å². The summed E-state index contributed by atoms with van der Waals surface area (Å²) < 4.78 is 5.90. The van der Waals surface area contributed by atoms with Crippen LogP contribution in [0.15, 0.2) is 47.5 Å². The Labute approximate surface area is 194 Å². The molecule has 7 heteroatoms. The number of aliphatic hydroxyl groups is 1. The van der Waals surface area contributed by atoms with E-state index in [2.05, 4.69) is 26.0 Å². The van der Waals surface area contributed by atoms with Crippen LogP contribution in [-0.4, -0.2) is 45.1 Å². The first-order chi connectivity index (χ1) is 15.9. The fourth-order valence-electron chi connectivity index (χ4n) is 5.46. The summed E-state index contributed by atoms with van der Waals surface area (Å²) in [7, 11) is 0. The molecule has 3 N–H and O–H groups in total. The molecule has 2 aromatic carbocycles. The van der Waals surface area contributed by atoms with Crippen molar-refractivity contribution in [3.05, 3.63) is 64.7 Å². The van der Waals surface area contributed by atoms with Crippen LogP contribution in [-0.2, 0) is 13.1 Å². The number of nitrogens with two attached hydrogens (primary N) is 1. The molecule has 1 unspecified atom stereocenters. The highest BCUT2D eigenvalue weighted by atomic mass is 16.5. The molecule has 0 spiro atoms. The van der Waals surface area contributed by atoms with Gasteiger partial charge in [0.15, 0.2) is 5.96 Å². The first-order valence-electron chi connectivity index (χ1n) is 11.9. The molecule has 0 saturated heterocycles. The summed E-state index contributed by atoms with van der Waals surface area (Å²) in [6, 6.07) is 13.6. The third-order valence-electron chi connectivity index (χ3n) is 7.54. The second-order valence-electron chi connectivity index (χ2n) is 9.33. The van der Waals surface area contributed by atoms with Crippen molar-refractivity contribution in [2.45, 2.75) is 70.4 Å². The molecular weight excluding hydrogens is 416 g/mol. The van der Waals surface area contributed by atoms with Crippen molar-refractivity contribution in [2.24, 2.45) is 10.7 Å². The number of rotatable bonds is 4. The number of amides is 1. The van der Waals surface area contributed by atoms with Crippen LogP contribution in [0.4, 0.5) is 0 Å². The fourth-order valence-corrected chi connectivity index (χ4v) is 5.46. The maximum Gasteiger partial charge on any atom is 0.254 e. The van der Waals surface area contributed by atoms with Crippen LogP contribution in [0.2, 0.25) is 0 Å². The second kappa shape index (κ2) is 8.37. The number of aliphatic hydroxyl groups excluding tert-OH is 1. The first kappa shape index (κ1) is 21.8. The van der Waals surface area contributed by atoms with E-state index < -0.39 is 6.23 Å². The highest BCUT2D eigenvalue weighted by Gasteiger charge is 2.41. The summed E-state index contributed by atoms with van der Waals surface area (Å²) in [5, 5.41) is 11.1. The zero-order valence-corrected chi connectivity index (χ0v) is 19.3. The van der Waals surface area contributed by atoms with Crippen molar-refractivity contribution in [1.82, 2.24) is 9.80 Å². The number of ether oxygens (including phenoxy) is 1. The molecule has 5 rings (SSSR count). The summed E-state index contributed by atoms with van der Waals surface area (Å²) >= 11 is 0. The molecule has 3 heterocycles. The van der Waals surface area contributed by atoms with Gasteiger partial charge in [-0.25, -0.2) is 4.99 Å². The third-order valence-corrected chi connectivity index (χ3v) is 7.54. The Morgan fingerprint density at radius 3 is 2.52 bits per heavy atom. The third kappa shape index (κ3) is 3.74. The van der Waals surface area contributed by atoms with Gasteiger partial charge in [-0.1, -0.05) is 38.1 Å². The zero-order valence-electron chi connectivity index (χ0n) is 19.3. The van der Waals surface area contributed by atoms with Gasteiger partial charge >= 0.3 is 0 Å². The lowest BCUT2D eigenvalue weighted by Gasteiger charge is -2.46. The summed E-state index contributed by atoms with van der Waals surface area (Å²) in [5.41, 5.74) is 9.99. The van der Waals surface area contributed by atoms with E-state index in [1.54, 1.807) is 0 Å². The molecule has 0 radical (unpaired) electrons. The molecule has 33 heavy (non-hydrogen) atoms. The van der Waals surface area contributed by atoms with Crippen molar-refractivity contribution in [2.75, 3.05) is 6.61 Å². The minimum absolute atomic E-state index is 0.00450. The molecule has 3 aliphatic rings. The predicted octanol–water partition coefficient (Wildman–Crippen LogP) is 3.56. The van der Waals surface area contributed by atoms with Gasteiger partial charge in [0, 0.05) is 37.1 Å². The normalized spacial score (nSPS) is 23.4. The second-order valence-corrected chi connectivity index (χ2v) is 9.33. The number of aliphatic imine (C=N–C) groups is 1. The largest absolute Gasteiger partial charge is 0.493 e. The van der Waals surface area contributed by atoms with Gasteiger partial charge in [0.05, 0.1) is 18.2 Å². The molecule has 174 valence electrons. The maximum atomic E-state index is 13.3. The highest BCUT2D eigenvalue weighted by Crippen LogP contribution is 2.41. The van der Waals surface area contributed by atoms with Gasteiger partial charge in [0.25, 0.3) is 5.91 Å². The molecule has 3 aliphatic heterocycles. The molecule has 2 atom stereocenters. The van der Waals surface area contributed by atoms with Crippen molar-refractivity contribution >= 4 is 11.9 Å². The van der Waals surface area contributed by atoms with E-state index in [0.29, 0.717) is 44.1 Å². The number of carbonyl (C=O) groups excluding carboxylic acids is 1. The van der Waals surface area contributed by atoms with Crippen LogP contribution in [0.3, 0.4) is 0 Å². The summed E-state index contributed by atoms with van der Waals surface area (Å²) in [6.07, 6.45) is 2.13. The van der Waals surface area contributed by atoms with Gasteiger partial charge in [0.2, 0.25) is 0 Å². The van der Waals surface area contributed by atoms with Crippen LogP contribution >= 0.6 is 0 Å². The van der Waals surface area contributed by atoms with E-state index in [-0.39, 0.29) is 17.5 Å². The smallest absolute Gasteiger partial charge is 0.254 e. The number of nitrogens with zero attached hydrogens (tertiary/aromatic N) is 3. The number of fused-ring (bicyclic) bond motifs is 2. The highest BCUT2D eigenvalue weighted by molar-refractivity contribution is 5.95. The molecule has 0 saturated carbocycles. The predicted molar refractivity (Wildman–Crippen MR) is 127 cm³/mol. The lowest BCUT2D eigenvalue weighted by Crippen LogP contribution is -2.55. The fraction of sp³-hybridized carbons (Fsp3) is 0.462. The average Bonchev–Trinajstić information content (AvgIpc) is 3.27. The van der Waals surface area contributed by atoms with Gasteiger partial charge in [-0.15, -0.1) is 0 Å². The molecule has 1 amide bonds. The Balaban J connectivity index is 1.44. The zero-order chi connectivity index (χ0) is 23.2. The summed E-state index contributed by atoms with van der Waals surface area (Å²) in [4.78, 5) is 21.8. The summed E-state index contributed by atoms with van der Waals surface area (Å²) in [5.74, 6) is 1.09. The average molecular weight is 449 g/mol. The van der Waals surface area contributed by atoms with Gasteiger partial charge < -0.3 is 25.4 Å². The minimum Gasteiger partial charge on any atom is -0.493 e. The Kier molecular flexibility index (Phi) is 5.52. The van der Waals surface area contributed by atoms with Crippen molar-refractivity contribution in [3.8, 4) is 5.75 Å². The Morgan fingerprint density at radius 2 is 1.88 bits per heavy atom. The number of carbonyl (C=O) groups is 1. The maximum absolute atomic E-state index is 13.3. The number of benzene rings is 2. The number of hydrogen-bond acceptors (Lipinski definition) is 6. The van der Waals surface area contributed by atoms with E-state index in [0.717, 1.165) is 24.2 Å². The van der Waals surface area contributed by atoms with E-state index in [9.17, 15) is 9.90 Å². The number of guanidine groups is 1. The van der Waals surface area contributed by atoms with E-state index in [4.69, 9.17) is 15.5 Å². The molecule has 0 aromatic heterocycles. The van der Waals surface area contributed by atoms with Crippen LogP contribution < -0.4 is 10.5 Å². The molecule has 0 aliphatic carbocycles. The summed E-state index contributed by atoms with van der Waals surface area (Å²) in [6.45, 7) is 5.93. The van der Waals surface area contributed by atoms with Crippen LogP contribution in [0.25, 0.3) is 0 Å². The van der Waals surface area contributed by atoms with Crippen LogP contribution in [0.1, 0.15) is 72.6 Å². The van der Waals surface area contributed by atoms with Crippen LogP contribution in [0.5, 0.6) is 5.75 Å². The quantitative estimate of drug-likeness (QED) is 0.746. The van der Waals surface area contributed by atoms with Crippen LogP contribution in [0, 0.1) is 0 Å². The number of hydrogen-bond donors (Lipinski definition) is 2. The van der Waals surface area contributed by atoms with Crippen molar-refractivity contribution in [1.29, 1.82) is 0 Å². The minimum atomic E-state index is -0.731. The Hall–Kier alpha value is -3.06. The molecule has 2 aromatic rings. The Morgan fingerprint density at radius 1 is 1.18 bits per heavy atom. The lowest BCUT2D eigenvalue weighted by molar-refractivity contribution is -0.0191. The van der Waals surface area contributed by atoms with E-state index in [1.807, 2.05) is 40.1 Å². The topological polar surface area (TPSA) is 91.4 Å². The van der Waals surface area contributed by atoms with Crippen molar-refractivity contribution < 1.29 is 14.6 Å². The monoisotopic (exact) mass is 448 g/mol. The molecule has 0 fully saturated rings. The van der Waals surface area contributed by atoms with E-state index >= 15 is 0 Å². The SMILES string of the molecule is CCC1(CC)CC(O)N([C@@H]2CCOc3ccc(C(=O)N4Cc5ccccc5C4)cc32)C(N)=N1. The molecular formula is C26H32N4O3. The van der Waals surface area contributed by atoms with Gasteiger partial charge in [-0.05, 0) is 42.2 Å². The van der Waals surface area contributed by atoms with E-state index in [1.165, 1.54) is 11.1 Å². The Bertz CT molecular complexity index is 1070.